The van der Waals surface area contributed by atoms with Crippen LogP contribution in [0.4, 0.5) is 0 Å². The third-order valence-electron chi connectivity index (χ3n) is 3.45. The Bertz CT molecular complexity index is 502. The fourth-order valence-corrected chi connectivity index (χ4v) is 3.47. The highest BCUT2D eigenvalue weighted by molar-refractivity contribution is 7.17. The van der Waals surface area contributed by atoms with Gasteiger partial charge in [-0.15, -0.1) is 11.3 Å². The smallest absolute Gasteiger partial charge is 0.0728 e. The van der Waals surface area contributed by atoms with E-state index >= 15 is 0 Å². The standard InChI is InChI=1S/C16H23NOS/c1-3-7-15(18-4-2)14(17)10-12-11-19-16-9-6-5-8-13(12)16/h5-6,8-9,11,14-15H,3-4,7,10,17H2,1-2H3. The van der Waals surface area contributed by atoms with E-state index in [1.807, 2.05) is 6.92 Å². The van der Waals surface area contributed by atoms with Crippen molar-refractivity contribution >= 4 is 21.4 Å². The van der Waals surface area contributed by atoms with Gasteiger partial charge in [-0.05, 0) is 42.2 Å². The molecule has 1 heterocycles. The number of benzene rings is 1. The highest BCUT2D eigenvalue weighted by Crippen LogP contribution is 2.27. The van der Waals surface area contributed by atoms with Crippen LogP contribution in [-0.4, -0.2) is 18.8 Å². The number of ether oxygens (including phenoxy) is 1. The summed E-state index contributed by atoms with van der Waals surface area (Å²) in [6.45, 7) is 4.96. The van der Waals surface area contributed by atoms with Crippen molar-refractivity contribution in [2.45, 2.75) is 45.3 Å². The van der Waals surface area contributed by atoms with Crippen LogP contribution in [0.2, 0.25) is 0 Å². The van der Waals surface area contributed by atoms with Crippen molar-refractivity contribution in [2.24, 2.45) is 5.73 Å². The first-order valence-electron chi connectivity index (χ1n) is 7.08. The van der Waals surface area contributed by atoms with Gasteiger partial charge >= 0.3 is 0 Å². The van der Waals surface area contributed by atoms with Crippen LogP contribution in [0.3, 0.4) is 0 Å². The molecule has 0 radical (unpaired) electrons. The minimum atomic E-state index is 0.0814. The average molecular weight is 277 g/mol. The van der Waals surface area contributed by atoms with Gasteiger partial charge in [0.2, 0.25) is 0 Å². The molecule has 3 heteroatoms. The van der Waals surface area contributed by atoms with E-state index in [9.17, 15) is 0 Å². The predicted octanol–water partition coefficient (Wildman–Crippen LogP) is 3.98. The fraction of sp³-hybridized carbons (Fsp3) is 0.500. The molecule has 0 amide bonds. The number of nitrogens with two attached hydrogens (primary N) is 1. The predicted molar refractivity (Wildman–Crippen MR) is 83.8 cm³/mol. The Balaban J connectivity index is 2.10. The van der Waals surface area contributed by atoms with Gasteiger partial charge in [-0.3, -0.25) is 0 Å². The van der Waals surface area contributed by atoms with Crippen molar-refractivity contribution in [1.29, 1.82) is 0 Å². The summed E-state index contributed by atoms with van der Waals surface area (Å²) in [6, 6.07) is 8.61. The minimum absolute atomic E-state index is 0.0814. The molecule has 2 atom stereocenters. The molecule has 19 heavy (non-hydrogen) atoms. The third kappa shape index (κ3) is 3.56. The largest absolute Gasteiger partial charge is 0.377 e. The summed E-state index contributed by atoms with van der Waals surface area (Å²) in [5, 5.41) is 3.58. The van der Waals surface area contributed by atoms with Gasteiger partial charge in [0.1, 0.15) is 0 Å². The van der Waals surface area contributed by atoms with E-state index in [0.717, 1.165) is 25.9 Å². The molecule has 0 bridgehead atoms. The second kappa shape index (κ2) is 7.04. The highest BCUT2D eigenvalue weighted by atomic mass is 32.1. The molecule has 0 aliphatic rings. The van der Waals surface area contributed by atoms with Gasteiger partial charge in [0.15, 0.2) is 0 Å². The summed E-state index contributed by atoms with van der Waals surface area (Å²) >= 11 is 1.80. The van der Waals surface area contributed by atoms with E-state index in [1.165, 1.54) is 15.6 Å². The first-order chi connectivity index (χ1) is 9.26. The van der Waals surface area contributed by atoms with Crippen LogP contribution in [0.25, 0.3) is 10.1 Å². The minimum Gasteiger partial charge on any atom is -0.377 e. The topological polar surface area (TPSA) is 35.2 Å². The van der Waals surface area contributed by atoms with Gasteiger partial charge in [0.05, 0.1) is 6.10 Å². The second-order valence-corrected chi connectivity index (χ2v) is 5.82. The van der Waals surface area contributed by atoms with Gasteiger partial charge in [-0.2, -0.15) is 0 Å². The first kappa shape index (κ1) is 14.5. The maximum absolute atomic E-state index is 6.35. The maximum Gasteiger partial charge on any atom is 0.0728 e. The van der Waals surface area contributed by atoms with Crippen molar-refractivity contribution in [3.8, 4) is 0 Å². The summed E-state index contributed by atoms with van der Waals surface area (Å²) in [7, 11) is 0. The molecule has 0 fully saturated rings. The van der Waals surface area contributed by atoms with Gasteiger partial charge in [0, 0.05) is 17.3 Å². The molecule has 0 saturated heterocycles. The Hall–Kier alpha value is -0.900. The summed E-state index contributed by atoms with van der Waals surface area (Å²) in [5.74, 6) is 0. The molecule has 0 aliphatic carbocycles. The van der Waals surface area contributed by atoms with Crippen LogP contribution >= 0.6 is 11.3 Å². The molecule has 2 unspecified atom stereocenters. The van der Waals surface area contributed by atoms with Crippen LogP contribution in [0.15, 0.2) is 29.6 Å². The van der Waals surface area contributed by atoms with Crippen molar-refractivity contribution in [1.82, 2.24) is 0 Å². The van der Waals surface area contributed by atoms with Crippen LogP contribution in [0, 0.1) is 0 Å². The Morgan fingerprint density at radius 1 is 1.26 bits per heavy atom. The molecule has 1 aromatic heterocycles. The lowest BCUT2D eigenvalue weighted by Gasteiger charge is -2.23. The maximum atomic E-state index is 6.35. The zero-order valence-electron chi connectivity index (χ0n) is 11.8. The Morgan fingerprint density at radius 3 is 2.79 bits per heavy atom. The summed E-state index contributed by atoms with van der Waals surface area (Å²) in [4.78, 5) is 0. The zero-order chi connectivity index (χ0) is 13.7. The van der Waals surface area contributed by atoms with Crippen molar-refractivity contribution < 1.29 is 4.74 Å². The van der Waals surface area contributed by atoms with E-state index in [-0.39, 0.29) is 12.1 Å². The van der Waals surface area contributed by atoms with E-state index in [0.29, 0.717) is 0 Å². The number of thiophene rings is 1. The number of fused-ring (bicyclic) bond motifs is 1. The second-order valence-electron chi connectivity index (χ2n) is 4.91. The van der Waals surface area contributed by atoms with Crippen molar-refractivity contribution in [2.75, 3.05) is 6.61 Å². The van der Waals surface area contributed by atoms with Gasteiger partial charge < -0.3 is 10.5 Å². The summed E-state index contributed by atoms with van der Waals surface area (Å²) in [5.41, 5.74) is 7.71. The molecule has 0 aliphatic heterocycles. The molecule has 2 rings (SSSR count). The van der Waals surface area contributed by atoms with Crippen LogP contribution in [0.5, 0.6) is 0 Å². The zero-order valence-corrected chi connectivity index (χ0v) is 12.6. The molecule has 104 valence electrons. The van der Waals surface area contributed by atoms with Crippen LogP contribution in [0.1, 0.15) is 32.3 Å². The molecule has 2 nitrogen and oxygen atoms in total. The SMILES string of the molecule is CCCC(OCC)C(N)Cc1csc2ccccc12. The lowest BCUT2D eigenvalue weighted by molar-refractivity contribution is 0.0379. The fourth-order valence-electron chi connectivity index (χ4n) is 2.50. The number of hydrogen-bond acceptors (Lipinski definition) is 3. The Kier molecular flexibility index (Phi) is 5.37. The quantitative estimate of drug-likeness (QED) is 0.831. The van der Waals surface area contributed by atoms with Crippen LogP contribution in [-0.2, 0) is 11.2 Å². The highest BCUT2D eigenvalue weighted by Gasteiger charge is 2.18. The lowest BCUT2D eigenvalue weighted by Crippen LogP contribution is -2.38. The molecular formula is C16H23NOS. The summed E-state index contributed by atoms with van der Waals surface area (Å²) in [6.07, 6.45) is 3.22. The van der Waals surface area contributed by atoms with Crippen molar-refractivity contribution in [3.05, 3.63) is 35.2 Å². The van der Waals surface area contributed by atoms with Gasteiger partial charge in [-0.25, -0.2) is 0 Å². The van der Waals surface area contributed by atoms with Gasteiger partial charge in [-0.1, -0.05) is 31.5 Å². The van der Waals surface area contributed by atoms with E-state index in [2.05, 4.69) is 36.6 Å². The molecule has 0 saturated carbocycles. The normalized spacial score (nSPS) is 14.7. The average Bonchev–Trinajstić information content (AvgIpc) is 2.82. The van der Waals surface area contributed by atoms with E-state index in [4.69, 9.17) is 10.5 Å². The van der Waals surface area contributed by atoms with E-state index in [1.54, 1.807) is 11.3 Å². The summed E-state index contributed by atoms with van der Waals surface area (Å²) < 4.78 is 7.12. The molecule has 0 spiro atoms. The van der Waals surface area contributed by atoms with E-state index < -0.39 is 0 Å². The first-order valence-corrected chi connectivity index (χ1v) is 7.96. The monoisotopic (exact) mass is 277 g/mol. The molecule has 2 aromatic rings. The Morgan fingerprint density at radius 2 is 2.05 bits per heavy atom. The van der Waals surface area contributed by atoms with Gasteiger partial charge in [0.25, 0.3) is 0 Å². The number of hydrogen-bond donors (Lipinski definition) is 1. The molecule has 2 N–H and O–H groups in total. The van der Waals surface area contributed by atoms with Crippen molar-refractivity contribution in [3.63, 3.8) is 0 Å². The Labute approximate surface area is 119 Å². The third-order valence-corrected chi connectivity index (χ3v) is 4.46. The lowest BCUT2D eigenvalue weighted by atomic mass is 9.99. The molecular weight excluding hydrogens is 254 g/mol. The van der Waals surface area contributed by atoms with Crippen LogP contribution < -0.4 is 5.73 Å². The molecule has 1 aromatic carbocycles. The number of rotatable bonds is 7.